The van der Waals surface area contributed by atoms with E-state index >= 15 is 0 Å². The van der Waals surface area contributed by atoms with Crippen molar-refractivity contribution in [2.24, 2.45) is 5.73 Å². The van der Waals surface area contributed by atoms with Crippen molar-refractivity contribution in [1.82, 2.24) is 0 Å². The summed E-state index contributed by atoms with van der Waals surface area (Å²) in [5.74, 6) is -1.21. The molecule has 102 valence electrons. The summed E-state index contributed by atoms with van der Waals surface area (Å²) >= 11 is 3.32. The predicted octanol–water partition coefficient (Wildman–Crippen LogP) is 2.11. The van der Waals surface area contributed by atoms with Crippen molar-refractivity contribution >= 4 is 33.9 Å². The monoisotopic (exact) mass is 327 g/mol. The Bertz CT molecular complexity index is 540. The first-order valence-electron chi connectivity index (χ1n) is 5.48. The molecule has 1 amide bonds. The lowest BCUT2D eigenvalue weighted by molar-refractivity contribution is -0.131. The van der Waals surface area contributed by atoms with Gasteiger partial charge in [0.2, 0.25) is 0 Å². The number of amides is 1. The van der Waals surface area contributed by atoms with Gasteiger partial charge in [-0.05, 0) is 37.6 Å². The van der Waals surface area contributed by atoms with E-state index in [0.717, 1.165) is 16.1 Å². The van der Waals surface area contributed by atoms with Crippen molar-refractivity contribution in [3.05, 3.63) is 33.8 Å². The molecule has 19 heavy (non-hydrogen) atoms. The first-order chi connectivity index (χ1) is 8.81. The first kappa shape index (κ1) is 15.2. The Labute approximate surface area is 119 Å². The minimum atomic E-state index is -1.06. The van der Waals surface area contributed by atoms with E-state index in [2.05, 4.69) is 15.9 Å². The van der Waals surface area contributed by atoms with Crippen molar-refractivity contribution in [2.75, 3.05) is 0 Å². The normalized spacial score (nSPS) is 12.4. The predicted molar refractivity (Wildman–Crippen MR) is 74.8 cm³/mol. The quantitative estimate of drug-likeness (QED) is 0.810. The third-order valence-corrected chi connectivity index (χ3v) is 2.83. The van der Waals surface area contributed by atoms with Gasteiger partial charge in [0.05, 0.1) is 0 Å². The van der Waals surface area contributed by atoms with Crippen LogP contribution in [0.4, 0.5) is 0 Å². The average Bonchev–Trinajstić information content (AvgIpc) is 2.29. The molecule has 6 heteroatoms. The molecule has 0 heterocycles. The molecule has 1 unspecified atom stereocenters. The van der Waals surface area contributed by atoms with Gasteiger partial charge in [-0.2, -0.15) is 0 Å². The van der Waals surface area contributed by atoms with Crippen LogP contribution in [-0.2, 0) is 9.59 Å². The van der Waals surface area contributed by atoms with E-state index in [1.54, 1.807) is 19.1 Å². The van der Waals surface area contributed by atoms with Gasteiger partial charge >= 0.3 is 5.97 Å². The second-order valence-corrected chi connectivity index (χ2v) is 4.89. The van der Waals surface area contributed by atoms with Gasteiger partial charge in [0.1, 0.15) is 5.75 Å². The van der Waals surface area contributed by atoms with Gasteiger partial charge in [-0.15, -0.1) is 0 Å². The summed E-state index contributed by atoms with van der Waals surface area (Å²) in [5.41, 5.74) is 6.48. The molecule has 0 aromatic heterocycles. The summed E-state index contributed by atoms with van der Waals surface area (Å²) in [6.45, 7) is 3.33. The van der Waals surface area contributed by atoms with Crippen LogP contribution in [0.5, 0.6) is 5.75 Å². The number of nitrogens with two attached hydrogens (primary N) is 1. The van der Waals surface area contributed by atoms with Crippen LogP contribution < -0.4 is 10.5 Å². The standard InChI is InChI=1S/C13H14BrNO4/c1-7-5-10(14)6-9(3-4-11(16)17)12(7)19-8(2)13(15)18/h3-6,8H,1-2H3,(H2,15,18)(H,16,17)/b4-3+. The number of hydrogen-bond donors (Lipinski definition) is 2. The number of aryl methyl sites for hydroxylation is 1. The number of aliphatic carboxylic acids is 1. The summed E-state index contributed by atoms with van der Waals surface area (Å²) in [7, 11) is 0. The highest BCUT2D eigenvalue weighted by Gasteiger charge is 2.15. The molecule has 0 fully saturated rings. The number of carbonyl (C=O) groups is 2. The topological polar surface area (TPSA) is 89.6 Å². The van der Waals surface area contributed by atoms with Crippen molar-refractivity contribution in [1.29, 1.82) is 0 Å². The molecule has 0 saturated carbocycles. The number of primary amides is 1. The Morgan fingerprint density at radius 3 is 2.63 bits per heavy atom. The molecule has 0 spiro atoms. The number of carbonyl (C=O) groups excluding carboxylic acids is 1. The lowest BCUT2D eigenvalue weighted by atomic mass is 10.1. The smallest absolute Gasteiger partial charge is 0.328 e. The van der Waals surface area contributed by atoms with Crippen LogP contribution in [0.3, 0.4) is 0 Å². The minimum absolute atomic E-state index is 0.437. The van der Waals surface area contributed by atoms with Crippen LogP contribution in [0, 0.1) is 6.92 Å². The molecular weight excluding hydrogens is 314 g/mol. The largest absolute Gasteiger partial charge is 0.480 e. The molecule has 1 aromatic carbocycles. The van der Waals surface area contributed by atoms with E-state index in [-0.39, 0.29) is 0 Å². The summed E-state index contributed by atoms with van der Waals surface area (Å²) in [6, 6.07) is 3.51. The Hall–Kier alpha value is -1.82. The molecule has 1 aromatic rings. The second kappa shape index (κ2) is 6.38. The average molecular weight is 328 g/mol. The van der Waals surface area contributed by atoms with Gasteiger partial charge in [-0.25, -0.2) is 4.79 Å². The van der Waals surface area contributed by atoms with Crippen molar-refractivity contribution in [2.45, 2.75) is 20.0 Å². The lowest BCUT2D eigenvalue weighted by Gasteiger charge is -2.16. The number of ether oxygens (including phenoxy) is 1. The number of hydrogen-bond acceptors (Lipinski definition) is 3. The van der Waals surface area contributed by atoms with Crippen molar-refractivity contribution < 1.29 is 19.4 Å². The Morgan fingerprint density at radius 2 is 2.11 bits per heavy atom. The summed E-state index contributed by atoms with van der Waals surface area (Å²) < 4.78 is 6.27. The molecule has 0 bridgehead atoms. The minimum Gasteiger partial charge on any atom is -0.480 e. The van der Waals surface area contributed by atoms with Crippen LogP contribution in [0.15, 0.2) is 22.7 Å². The number of rotatable bonds is 5. The zero-order valence-electron chi connectivity index (χ0n) is 10.5. The summed E-state index contributed by atoms with van der Waals surface area (Å²) in [6.07, 6.45) is 1.61. The van der Waals surface area contributed by atoms with Gasteiger partial charge in [-0.3, -0.25) is 4.79 Å². The van der Waals surface area contributed by atoms with E-state index < -0.39 is 18.0 Å². The molecule has 1 rings (SSSR count). The molecule has 0 aliphatic heterocycles. The molecule has 1 atom stereocenters. The highest BCUT2D eigenvalue weighted by molar-refractivity contribution is 9.10. The highest BCUT2D eigenvalue weighted by Crippen LogP contribution is 2.30. The van der Waals surface area contributed by atoms with Gasteiger partial charge in [0.25, 0.3) is 5.91 Å². The van der Waals surface area contributed by atoms with E-state index in [4.69, 9.17) is 15.6 Å². The van der Waals surface area contributed by atoms with Gasteiger partial charge in [0, 0.05) is 16.1 Å². The number of halogens is 1. The summed E-state index contributed by atoms with van der Waals surface area (Å²) in [5, 5.41) is 8.66. The zero-order chi connectivity index (χ0) is 14.6. The molecule has 0 aliphatic rings. The van der Waals surface area contributed by atoms with Crippen molar-refractivity contribution in [3.63, 3.8) is 0 Å². The first-order valence-corrected chi connectivity index (χ1v) is 6.27. The van der Waals surface area contributed by atoms with Gasteiger partial charge < -0.3 is 15.6 Å². The lowest BCUT2D eigenvalue weighted by Crippen LogP contribution is -2.31. The fourth-order valence-corrected chi connectivity index (χ4v) is 2.03. The zero-order valence-corrected chi connectivity index (χ0v) is 12.1. The fourth-order valence-electron chi connectivity index (χ4n) is 1.44. The van der Waals surface area contributed by atoms with E-state index in [1.165, 1.54) is 13.0 Å². The van der Waals surface area contributed by atoms with Crippen LogP contribution in [0.25, 0.3) is 6.08 Å². The van der Waals surface area contributed by atoms with Crippen LogP contribution >= 0.6 is 15.9 Å². The molecule has 0 radical (unpaired) electrons. The third-order valence-electron chi connectivity index (χ3n) is 2.37. The van der Waals surface area contributed by atoms with Gasteiger partial charge in [0.15, 0.2) is 6.10 Å². The Morgan fingerprint density at radius 1 is 1.47 bits per heavy atom. The number of benzene rings is 1. The Balaban J connectivity index is 3.20. The molecule has 3 N–H and O–H groups in total. The molecule has 0 saturated heterocycles. The van der Waals surface area contributed by atoms with Crippen molar-refractivity contribution in [3.8, 4) is 5.75 Å². The molecule has 5 nitrogen and oxygen atoms in total. The van der Waals surface area contributed by atoms with E-state index in [1.807, 2.05) is 0 Å². The maximum absolute atomic E-state index is 11.0. The maximum atomic E-state index is 11.0. The molecular formula is C13H14BrNO4. The second-order valence-electron chi connectivity index (χ2n) is 3.98. The number of carboxylic acids is 1. The SMILES string of the molecule is Cc1cc(Br)cc(/C=C/C(=O)O)c1OC(C)C(N)=O. The maximum Gasteiger partial charge on any atom is 0.328 e. The molecule has 0 aliphatic carbocycles. The summed E-state index contributed by atoms with van der Waals surface area (Å²) in [4.78, 5) is 21.6. The third kappa shape index (κ3) is 4.40. The fraction of sp³-hybridized carbons (Fsp3) is 0.231. The van der Waals surface area contributed by atoms with E-state index in [9.17, 15) is 9.59 Å². The highest BCUT2D eigenvalue weighted by atomic mass is 79.9. The Kier molecular flexibility index (Phi) is 5.11. The van der Waals surface area contributed by atoms with Crippen LogP contribution in [-0.4, -0.2) is 23.1 Å². The van der Waals surface area contributed by atoms with Crippen LogP contribution in [0.1, 0.15) is 18.1 Å². The van der Waals surface area contributed by atoms with Gasteiger partial charge in [-0.1, -0.05) is 15.9 Å². The van der Waals surface area contributed by atoms with Crippen LogP contribution in [0.2, 0.25) is 0 Å². The number of carboxylic acid groups (broad SMARTS) is 1. The van der Waals surface area contributed by atoms with E-state index in [0.29, 0.717) is 11.3 Å².